The van der Waals surface area contributed by atoms with Gasteiger partial charge in [-0.25, -0.2) is 0 Å². The molecule has 104 valence electrons. The minimum absolute atomic E-state index is 0.156. The fraction of sp³-hybridized carbons (Fsp3) is 0.471. The molecule has 4 rings (SSSR count). The van der Waals surface area contributed by atoms with Crippen LogP contribution in [0.4, 0.5) is 0 Å². The molecule has 0 radical (unpaired) electrons. The molecule has 3 heterocycles. The van der Waals surface area contributed by atoms with E-state index in [1.54, 1.807) is 0 Å². The predicted octanol–water partition coefficient (Wildman–Crippen LogP) is 2.68. The molecule has 2 aliphatic rings. The van der Waals surface area contributed by atoms with Gasteiger partial charge in [0.15, 0.2) is 0 Å². The molecule has 0 amide bonds. The van der Waals surface area contributed by atoms with Crippen molar-refractivity contribution in [3.05, 3.63) is 35.5 Å². The van der Waals surface area contributed by atoms with Crippen molar-refractivity contribution in [1.29, 1.82) is 0 Å². The molecule has 1 aromatic heterocycles. The Morgan fingerprint density at radius 1 is 1.15 bits per heavy atom. The van der Waals surface area contributed by atoms with Gasteiger partial charge in [0, 0.05) is 42.0 Å². The van der Waals surface area contributed by atoms with Gasteiger partial charge in [0.05, 0.1) is 6.04 Å². The Labute approximate surface area is 119 Å². The molecule has 3 nitrogen and oxygen atoms in total. The number of para-hydroxylation sites is 1. The maximum atomic E-state index is 12.3. The van der Waals surface area contributed by atoms with E-state index < -0.39 is 0 Å². The van der Waals surface area contributed by atoms with E-state index in [0.717, 1.165) is 6.42 Å². The monoisotopic (exact) mass is 268 g/mol. The first-order valence-corrected chi connectivity index (χ1v) is 7.40. The smallest absolute Gasteiger partial charge is 0.139 e. The highest BCUT2D eigenvalue weighted by atomic mass is 16.1. The number of nitrogens with zero attached hydrogens (tertiary/aromatic N) is 2. The number of hydrogen-bond acceptors (Lipinski definition) is 2. The van der Waals surface area contributed by atoms with Crippen LogP contribution in [0.3, 0.4) is 0 Å². The highest BCUT2D eigenvalue weighted by Crippen LogP contribution is 2.44. The van der Waals surface area contributed by atoms with Gasteiger partial charge in [0.25, 0.3) is 0 Å². The number of hydrogen-bond donors (Lipinski definition) is 0. The van der Waals surface area contributed by atoms with Gasteiger partial charge in [-0.05, 0) is 25.1 Å². The average Bonchev–Trinajstić information content (AvgIpc) is 2.72. The SMILES string of the molecule is C[C@H]1C(=O)C[C@H]2c3c(c4ccccc4n3C)C[C@@H]1N2C. The number of Topliss-reactive ketones (excluding diaryl/α,β-unsaturated/α-hetero) is 1. The Kier molecular flexibility index (Phi) is 2.40. The van der Waals surface area contributed by atoms with Crippen molar-refractivity contribution in [2.24, 2.45) is 13.0 Å². The van der Waals surface area contributed by atoms with Crippen LogP contribution in [-0.2, 0) is 18.3 Å². The molecule has 2 bridgehead atoms. The first kappa shape index (κ1) is 12.2. The first-order valence-electron chi connectivity index (χ1n) is 7.40. The summed E-state index contributed by atoms with van der Waals surface area (Å²) in [7, 11) is 4.32. The average molecular weight is 268 g/mol. The number of aromatic nitrogens is 1. The third-order valence-corrected chi connectivity index (χ3v) is 5.48. The Hall–Kier alpha value is -1.61. The molecule has 1 aromatic carbocycles. The minimum atomic E-state index is 0.156. The number of rotatable bonds is 0. The van der Waals surface area contributed by atoms with Crippen LogP contribution in [0.2, 0.25) is 0 Å². The molecule has 3 heteroatoms. The lowest BCUT2D eigenvalue weighted by Crippen LogP contribution is -2.52. The van der Waals surface area contributed by atoms with E-state index in [1.807, 2.05) is 0 Å². The van der Waals surface area contributed by atoms with E-state index in [-0.39, 0.29) is 12.0 Å². The summed E-state index contributed by atoms with van der Waals surface area (Å²) in [6.45, 7) is 2.09. The molecular weight excluding hydrogens is 248 g/mol. The van der Waals surface area contributed by atoms with Crippen molar-refractivity contribution in [2.75, 3.05) is 7.05 Å². The van der Waals surface area contributed by atoms with Crippen LogP contribution in [0.15, 0.2) is 24.3 Å². The molecule has 2 aliphatic heterocycles. The third kappa shape index (κ3) is 1.36. The van der Waals surface area contributed by atoms with Crippen molar-refractivity contribution < 1.29 is 4.79 Å². The number of piperidine rings is 1. The molecule has 0 aliphatic carbocycles. The molecule has 2 aromatic rings. The summed E-state index contributed by atoms with van der Waals surface area (Å²) in [6.07, 6.45) is 1.65. The van der Waals surface area contributed by atoms with Crippen LogP contribution in [0, 0.1) is 5.92 Å². The second-order valence-electron chi connectivity index (χ2n) is 6.35. The Morgan fingerprint density at radius 3 is 2.70 bits per heavy atom. The minimum Gasteiger partial charge on any atom is -0.346 e. The van der Waals surface area contributed by atoms with Crippen molar-refractivity contribution in [2.45, 2.75) is 31.8 Å². The summed E-state index contributed by atoms with van der Waals surface area (Å²) in [4.78, 5) is 14.7. The zero-order valence-corrected chi connectivity index (χ0v) is 12.3. The number of fused-ring (bicyclic) bond motifs is 6. The van der Waals surface area contributed by atoms with Crippen LogP contribution in [0.1, 0.15) is 30.6 Å². The molecular formula is C17H20N2O. The predicted molar refractivity (Wildman–Crippen MR) is 79.7 cm³/mol. The van der Waals surface area contributed by atoms with Gasteiger partial charge >= 0.3 is 0 Å². The van der Waals surface area contributed by atoms with Gasteiger partial charge in [-0.15, -0.1) is 0 Å². The van der Waals surface area contributed by atoms with E-state index in [9.17, 15) is 4.79 Å². The van der Waals surface area contributed by atoms with E-state index >= 15 is 0 Å². The second kappa shape index (κ2) is 3.95. The largest absolute Gasteiger partial charge is 0.346 e. The number of carbonyl (C=O) groups is 1. The fourth-order valence-corrected chi connectivity index (χ4v) is 4.27. The molecule has 3 atom stereocenters. The molecule has 0 spiro atoms. The van der Waals surface area contributed by atoms with E-state index in [1.165, 1.54) is 22.2 Å². The lowest BCUT2D eigenvalue weighted by atomic mass is 9.77. The zero-order valence-electron chi connectivity index (χ0n) is 12.3. The maximum absolute atomic E-state index is 12.3. The van der Waals surface area contributed by atoms with Gasteiger partial charge < -0.3 is 4.57 Å². The van der Waals surface area contributed by atoms with E-state index in [0.29, 0.717) is 18.2 Å². The number of ketones is 1. The summed E-state index contributed by atoms with van der Waals surface area (Å²) in [5.41, 5.74) is 4.11. The van der Waals surface area contributed by atoms with Gasteiger partial charge in [-0.1, -0.05) is 25.1 Å². The standard InChI is InChI=1S/C17H20N2O/c1-10-14-8-12-11-6-4-5-7-13(11)19(3)17(12)15(18(14)2)9-16(10)20/h4-7,10,14-15H,8-9H2,1-3H3/t10-,14+,15+/m1/s1. The van der Waals surface area contributed by atoms with Crippen molar-refractivity contribution in [3.63, 3.8) is 0 Å². The van der Waals surface area contributed by atoms with Crippen LogP contribution in [-0.4, -0.2) is 28.3 Å². The lowest BCUT2D eigenvalue weighted by Gasteiger charge is -2.46. The highest BCUT2D eigenvalue weighted by molar-refractivity contribution is 5.89. The number of likely N-dealkylation sites (N-methyl/N-ethyl adjacent to an activating group) is 1. The molecule has 1 fully saturated rings. The van der Waals surface area contributed by atoms with Gasteiger partial charge in [0.1, 0.15) is 5.78 Å². The number of aryl methyl sites for hydroxylation is 1. The Bertz CT molecular complexity index is 715. The Balaban J connectivity index is 2.00. The summed E-state index contributed by atoms with van der Waals surface area (Å²) in [5, 5.41) is 1.37. The van der Waals surface area contributed by atoms with Crippen LogP contribution in [0.25, 0.3) is 10.9 Å². The van der Waals surface area contributed by atoms with Gasteiger partial charge in [-0.2, -0.15) is 0 Å². The van der Waals surface area contributed by atoms with E-state index in [4.69, 9.17) is 0 Å². The zero-order chi connectivity index (χ0) is 14.0. The summed E-state index contributed by atoms with van der Waals surface area (Å²) >= 11 is 0. The summed E-state index contributed by atoms with van der Waals surface area (Å²) in [5.74, 6) is 0.581. The quantitative estimate of drug-likeness (QED) is 0.734. The van der Waals surface area contributed by atoms with Crippen molar-refractivity contribution in [1.82, 2.24) is 9.47 Å². The number of benzene rings is 1. The van der Waals surface area contributed by atoms with Crippen molar-refractivity contribution >= 4 is 16.7 Å². The highest BCUT2D eigenvalue weighted by Gasteiger charge is 2.44. The van der Waals surface area contributed by atoms with E-state index in [2.05, 4.69) is 54.8 Å². The lowest BCUT2D eigenvalue weighted by molar-refractivity contribution is -0.131. The van der Waals surface area contributed by atoms with Gasteiger partial charge in [-0.3, -0.25) is 9.69 Å². The van der Waals surface area contributed by atoms with Crippen molar-refractivity contribution in [3.8, 4) is 0 Å². The number of carbonyl (C=O) groups excluding carboxylic acids is 1. The molecule has 0 N–H and O–H groups in total. The maximum Gasteiger partial charge on any atom is 0.139 e. The molecule has 0 saturated carbocycles. The second-order valence-corrected chi connectivity index (χ2v) is 6.35. The topological polar surface area (TPSA) is 25.2 Å². The first-order chi connectivity index (χ1) is 9.59. The third-order valence-electron chi connectivity index (χ3n) is 5.48. The van der Waals surface area contributed by atoms with Gasteiger partial charge in [0.2, 0.25) is 0 Å². The fourth-order valence-electron chi connectivity index (χ4n) is 4.27. The Morgan fingerprint density at radius 2 is 1.90 bits per heavy atom. The van der Waals surface area contributed by atoms with Crippen LogP contribution in [0.5, 0.6) is 0 Å². The molecule has 0 unspecified atom stereocenters. The normalized spacial score (nSPS) is 29.8. The van der Waals surface area contributed by atoms with Crippen LogP contribution >= 0.6 is 0 Å². The van der Waals surface area contributed by atoms with Crippen LogP contribution < -0.4 is 0 Å². The summed E-state index contributed by atoms with van der Waals surface area (Å²) < 4.78 is 2.30. The molecule has 20 heavy (non-hydrogen) atoms. The summed E-state index contributed by atoms with van der Waals surface area (Å²) in [6, 6.07) is 9.23. The molecule has 1 saturated heterocycles.